The first-order chi connectivity index (χ1) is 13.2. The second-order valence-corrected chi connectivity index (χ2v) is 6.53. The lowest BCUT2D eigenvalue weighted by Crippen LogP contribution is -1.97. The Kier molecular flexibility index (Phi) is 4.63. The number of benzene rings is 1. The van der Waals surface area contributed by atoms with Gasteiger partial charge in [0.1, 0.15) is 0 Å². The first-order valence-corrected chi connectivity index (χ1v) is 9.33. The summed E-state index contributed by atoms with van der Waals surface area (Å²) in [7, 11) is 1.62. The van der Waals surface area contributed by atoms with Gasteiger partial charge in [0.25, 0.3) is 0 Å². The Hall–Kier alpha value is -3.14. The molecule has 27 heavy (non-hydrogen) atoms. The van der Waals surface area contributed by atoms with Crippen LogP contribution in [0.25, 0.3) is 27.8 Å². The highest BCUT2D eigenvalue weighted by molar-refractivity contribution is 5.85. The fraction of sp³-hybridized carbons (Fsp3) is 0.217. The van der Waals surface area contributed by atoms with Crippen molar-refractivity contribution < 1.29 is 4.74 Å². The van der Waals surface area contributed by atoms with Crippen LogP contribution in [0.2, 0.25) is 0 Å². The largest absolute Gasteiger partial charge is 0.481 e. The molecule has 0 amide bonds. The highest BCUT2D eigenvalue weighted by atomic mass is 16.5. The van der Waals surface area contributed by atoms with E-state index in [0.29, 0.717) is 5.88 Å². The molecule has 0 aliphatic carbocycles. The van der Waals surface area contributed by atoms with E-state index in [4.69, 9.17) is 9.72 Å². The van der Waals surface area contributed by atoms with E-state index >= 15 is 0 Å². The van der Waals surface area contributed by atoms with Crippen molar-refractivity contribution in [2.24, 2.45) is 0 Å². The molecule has 0 atom stereocenters. The summed E-state index contributed by atoms with van der Waals surface area (Å²) in [5.74, 6) is 0.610. The molecule has 0 fully saturated rings. The molecule has 4 nitrogen and oxygen atoms in total. The minimum atomic E-state index is 0.610. The standard InChI is InChI=1S/C23H23N3O/c1-4-16-7-6-8-17(5-2)23(16)20-13-18-11-12-26(21(18)15-24-20)19-9-10-22(27-3)25-14-19/h6-15H,4-5H2,1-3H3. The summed E-state index contributed by atoms with van der Waals surface area (Å²) in [5, 5.41) is 1.17. The molecule has 3 heterocycles. The van der Waals surface area contributed by atoms with Crippen molar-refractivity contribution in [3.63, 3.8) is 0 Å². The molecule has 4 rings (SSSR count). The van der Waals surface area contributed by atoms with Gasteiger partial charge >= 0.3 is 0 Å². The molecule has 0 radical (unpaired) electrons. The predicted octanol–water partition coefficient (Wildman–Crippen LogP) is 5.22. The van der Waals surface area contributed by atoms with Gasteiger partial charge in [0, 0.05) is 23.2 Å². The van der Waals surface area contributed by atoms with Crippen molar-refractivity contribution >= 4 is 10.9 Å². The molecule has 0 bridgehead atoms. The normalized spacial score (nSPS) is 11.1. The Morgan fingerprint density at radius 3 is 2.33 bits per heavy atom. The summed E-state index contributed by atoms with van der Waals surface area (Å²) in [4.78, 5) is 9.13. The van der Waals surface area contributed by atoms with E-state index in [1.165, 1.54) is 22.1 Å². The Morgan fingerprint density at radius 1 is 0.926 bits per heavy atom. The van der Waals surface area contributed by atoms with Gasteiger partial charge < -0.3 is 9.30 Å². The number of hydrogen-bond acceptors (Lipinski definition) is 3. The Labute approximate surface area is 159 Å². The third-order valence-corrected chi connectivity index (χ3v) is 5.04. The highest BCUT2D eigenvalue weighted by Gasteiger charge is 2.12. The zero-order valence-electron chi connectivity index (χ0n) is 15.9. The summed E-state index contributed by atoms with van der Waals surface area (Å²) in [6.07, 6.45) is 7.84. The first kappa shape index (κ1) is 17.3. The maximum atomic E-state index is 5.15. The molecule has 1 aromatic carbocycles. The molecule has 0 aliphatic rings. The maximum Gasteiger partial charge on any atom is 0.213 e. The summed E-state index contributed by atoms with van der Waals surface area (Å²) in [6.45, 7) is 4.40. The van der Waals surface area contributed by atoms with Crippen molar-refractivity contribution in [1.29, 1.82) is 0 Å². The van der Waals surface area contributed by atoms with Crippen LogP contribution in [-0.2, 0) is 12.8 Å². The number of rotatable bonds is 5. The lowest BCUT2D eigenvalue weighted by Gasteiger charge is -2.13. The number of ether oxygens (including phenoxy) is 1. The van der Waals surface area contributed by atoms with Crippen LogP contribution in [0.1, 0.15) is 25.0 Å². The number of aromatic nitrogens is 3. The van der Waals surface area contributed by atoms with E-state index in [2.05, 4.69) is 59.9 Å². The van der Waals surface area contributed by atoms with Crippen LogP contribution >= 0.6 is 0 Å². The van der Waals surface area contributed by atoms with Crippen LogP contribution in [0.4, 0.5) is 0 Å². The second-order valence-electron chi connectivity index (χ2n) is 6.53. The van der Waals surface area contributed by atoms with Gasteiger partial charge in [0.15, 0.2) is 0 Å². The Bertz CT molecular complexity index is 1060. The smallest absolute Gasteiger partial charge is 0.213 e. The predicted molar refractivity (Wildman–Crippen MR) is 110 cm³/mol. The van der Waals surface area contributed by atoms with Gasteiger partial charge in [-0.05, 0) is 42.2 Å². The summed E-state index contributed by atoms with van der Waals surface area (Å²) >= 11 is 0. The second kappa shape index (κ2) is 7.23. The van der Waals surface area contributed by atoms with Gasteiger partial charge in [-0.25, -0.2) is 4.98 Å². The first-order valence-electron chi connectivity index (χ1n) is 9.33. The minimum absolute atomic E-state index is 0.610. The summed E-state index contributed by atoms with van der Waals surface area (Å²) in [6, 6.07) is 14.7. The van der Waals surface area contributed by atoms with E-state index in [1.807, 2.05) is 24.5 Å². The number of hydrogen-bond donors (Lipinski definition) is 0. The van der Waals surface area contributed by atoms with Crippen molar-refractivity contribution in [2.45, 2.75) is 26.7 Å². The summed E-state index contributed by atoms with van der Waals surface area (Å²) in [5.41, 5.74) is 7.08. The average Bonchev–Trinajstić information content (AvgIpc) is 3.16. The molecule has 0 aliphatic heterocycles. The van der Waals surface area contributed by atoms with Crippen LogP contribution in [0.5, 0.6) is 5.88 Å². The number of fused-ring (bicyclic) bond motifs is 1. The molecular formula is C23H23N3O. The van der Waals surface area contributed by atoms with Gasteiger partial charge in [-0.3, -0.25) is 4.98 Å². The molecular weight excluding hydrogens is 334 g/mol. The van der Waals surface area contributed by atoms with Crippen molar-refractivity contribution in [2.75, 3.05) is 7.11 Å². The summed E-state index contributed by atoms with van der Waals surface area (Å²) < 4.78 is 7.25. The molecule has 0 spiro atoms. The molecule has 0 saturated heterocycles. The van der Waals surface area contributed by atoms with Crippen LogP contribution in [0.3, 0.4) is 0 Å². The number of pyridine rings is 2. The van der Waals surface area contributed by atoms with Gasteiger partial charge in [-0.2, -0.15) is 0 Å². The fourth-order valence-electron chi connectivity index (χ4n) is 3.60. The van der Waals surface area contributed by atoms with E-state index in [-0.39, 0.29) is 0 Å². The van der Waals surface area contributed by atoms with Crippen molar-refractivity contribution in [3.8, 4) is 22.8 Å². The van der Waals surface area contributed by atoms with Crippen LogP contribution in [0.15, 0.2) is 61.1 Å². The Balaban J connectivity index is 1.81. The monoisotopic (exact) mass is 357 g/mol. The van der Waals surface area contributed by atoms with Gasteiger partial charge in [-0.1, -0.05) is 32.0 Å². The zero-order valence-corrected chi connectivity index (χ0v) is 15.9. The van der Waals surface area contributed by atoms with Crippen LogP contribution < -0.4 is 4.74 Å². The number of nitrogens with zero attached hydrogens (tertiary/aromatic N) is 3. The van der Waals surface area contributed by atoms with Crippen molar-refractivity contribution in [1.82, 2.24) is 14.5 Å². The van der Waals surface area contributed by atoms with E-state index in [0.717, 1.165) is 29.7 Å². The van der Waals surface area contributed by atoms with Gasteiger partial charge in [-0.15, -0.1) is 0 Å². The van der Waals surface area contributed by atoms with Gasteiger partial charge in [0.2, 0.25) is 5.88 Å². The molecule has 4 heteroatoms. The van der Waals surface area contributed by atoms with Crippen LogP contribution in [0, 0.1) is 0 Å². The molecule has 4 aromatic rings. The SMILES string of the molecule is CCc1cccc(CC)c1-c1cc2ccn(-c3ccc(OC)nc3)c2cn1. The molecule has 0 unspecified atom stereocenters. The minimum Gasteiger partial charge on any atom is -0.481 e. The van der Waals surface area contributed by atoms with Crippen LogP contribution in [-0.4, -0.2) is 21.6 Å². The topological polar surface area (TPSA) is 39.9 Å². The molecule has 0 saturated carbocycles. The zero-order chi connectivity index (χ0) is 18.8. The maximum absolute atomic E-state index is 5.15. The number of methoxy groups -OCH3 is 1. The quantitative estimate of drug-likeness (QED) is 0.491. The number of aryl methyl sites for hydroxylation is 2. The molecule has 0 N–H and O–H groups in total. The van der Waals surface area contributed by atoms with E-state index in [9.17, 15) is 0 Å². The fourth-order valence-corrected chi connectivity index (χ4v) is 3.60. The molecule has 136 valence electrons. The average molecular weight is 357 g/mol. The highest BCUT2D eigenvalue weighted by Crippen LogP contribution is 2.30. The third-order valence-electron chi connectivity index (χ3n) is 5.04. The van der Waals surface area contributed by atoms with E-state index in [1.54, 1.807) is 7.11 Å². The van der Waals surface area contributed by atoms with E-state index < -0.39 is 0 Å². The van der Waals surface area contributed by atoms with Gasteiger partial charge in [0.05, 0.1) is 36.4 Å². The third kappa shape index (κ3) is 3.08. The lowest BCUT2D eigenvalue weighted by molar-refractivity contribution is 0.398. The lowest BCUT2D eigenvalue weighted by atomic mass is 9.94. The van der Waals surface area contributed by atoms with Crippen molar-refractivity contribution in [3.05, 3.63) is 72.2 Å². The Morgan fingerprint density at radius 2 is 1.70 bits per heavy atom. The molecule has 3 aromatic heterocycles.